The number of rotatable bonds is 4. The van der Waals surface area contributed by atoms with Crippen molar-refractivity contribution in [2.24, 2.45) is 7.05 Å². The Hall–Kier alpha value is -2.60. The van der Waals surface area contributed by atoms with Crippen LogP contribution >= 0.6 is 0 Å². The van der Waals surface area contributed by atoms with Crippen molar-refractivity contribution in [3.63, 3.8) is 0 Å². The van der Waals surface area contributed by atoms with Crippen LogP contribution in [0.4, 0.5) is 0 Å². The average Bonchev–Trinajstić information content (AvgIpc) is 2.87. The molecule has 0 atom stereocenters. The van der Waals surface area contributed by atoms with Crippen LogP contribution < -0.4 is 4.18 Å². The summed E-state index contributed by atoms with van der Waals surface area (Å²) in [5, 5.41) is 1.06. The van der Waals surface area contributed by atoms with E-state index in [0.717, 1.165) is 22.1 Å². The second-order valence-electron chi connectivity index (χ2n) is 5.30. The maximum atomic E-state index is 12.0. The van der Waals surface area contributed by atoms with Crippen LogP contribution in [-0.2, 0) is 17.2 Å². The first-order chi connectivity index (χ1) is 10.9. The molecule has 0 aliphatic rings. The Morgan fingerprint density at radius 3 is 2.61 bits per heavy atom. The SMILES string of the molecule is Cc1ccc(/C=C/S(=O)(=O)Oc2ccc3c(c2)ncn3C)cc1. The lowest BCUT2D eigenvalue weighted by Gasteiger charge is -2.03. The summed E-state index contributed by atoms with van der Waals surface area (Å²) in [6.07, 6.45) is 3.17. The van der Waals surface area contributed by atoms with Crippen LogP contribution in [0.15, 0.2) is 54.2 Å². The van der Waals surface area contributed by atoms with Gasteiger partial charge in [0, 0.05) is 13.1 Å². The largest absolute Gasteiger partial charge is 0.379 e. The molecule has 1 aromatic heterocycles. The minimum atomic E-state index is -3.82. The molecule has 118 valence electrons. The first kappa shape index (κ1) is 15.3. The average molecular weight is 328 g/mol. The third-order valence-corrected chi connectivity index (χ3v) is 4.31. The van der Waals surface area contributed by atoms with E-state index in [1.54, 1.807) is 24.5 Å². The van der Waals surface area contributed by atoms with Gasteiger partial charge in [-0.1, -0.05) is 29.8 Å². The fourth-order valence-electron chi connectivity index (χ4n) is 2.17. The fourth-order valence-corrected chi connectivity index (χ4v) is 2.92. The van der Waals surface area contributed by atoms with Gasteiger partial charge in [0.1, 0.15) is 5.75 Å². The van der Waals surface area contributed by atoms with Crippen LogP contribution in [-0.4, -0.2) is 18.0 Å². The Balaban J connectivity index is 1.80. The summed E-state index contributed by atoms with van der Waals surface area (Å²) >= 11 is 0. The van der Waals surface area contributed by atoms with Gasteiger partial charge in [0.25, 0.3) is 0 Å². The maximum Gasteiger partial charge on any atom is 0.332 e. The summed E-state index contributed by atoms with van der Waals surface area (Å²) in [4.78, 5) is 4.18. The highest BCUT2D eigenvalue weighted by atomic mass is 32.2. The van der Waals surface area contributed by atoms with Gasteiger partial charge in [0.2, 0.25) is 0 Å². The third kappa shape index (κ3) is 3.60. The molecule has 23 heavy (non-hydrogen) atoms. The fraction of sp³-hybridized carbons (Fsp3) is 0.118. The van der Waals surface area contributed by atoms with Gasteiger partial charge in [-0.25, -0.2) is 4.98 Å². The van der Waals surface area contributed by atoms with Gasteiger partial charge in [0.05, 0.1) is 22.8 Å². The molecular formula is C17H16N2O3S. The Morgan fingerprint density at radius 2 is 1.87 bits per heavy atom. The minimum Gasteiger partial charge on any atom is -0.379 e. The second-order valence-corrected chi connectivity index (χ2v) is 6.72. The zero-order valence-corrected chi connectivity index (χ0v) is 13.6. The van der Waals surface area contributed by atoms with Crippen molar-refractivity contribution >= 4 is 27.2 Å². The van der Waals surface area contributed by atoms with Crippen LogP contribution in [0.1, 0.15) is 11.1 Å². The highest BCUT2D eigenvalue weighted by molar-refractivity contribution is 7.90. The van der Waals surface area contributed by atoms with Crippen molar-refractivity contribution in [3.05, 3.63) is 65.3 Å². The number of aromatic nitrogens is 2. The zero-order valence-electron chi connectivity index (χ0n) is 12.8. The lowest BCUT2D eigenvalue weighted by molar-refractivity contribution is 0.497. The lowest BCUT2D eigenvalue weighted by atomic mass is 10.2. The number of imidazole rings is 1. The van der Waals surface area contributed by atoms with Crippen LogP contribution in [0.5, 0.6) is 5.75 Å². The standard InChI is InChI=1S/C17H16N2O3S/c1-13-3-5-14(6-4-13)9-10-23(20,21)22-15-7-8-17-16(11-15)18-12-19(17)2/h3-12H,1-2H3/b10-9+. The molecule has 3 rings (SSSR count). The van der Waals surface area contributed by atoms with Crippen molar-refractivity contribution in [2.45, 2.75) is 6.92 Å². The van der Waals surface area contributed by atoms with Crippen molar-refractivity contribution in [1.82, 2.24) is 9.55 Å². The van der Waals surface area contributed by atoms with Crippen molar-refractivity contribution in [3.8, 4) is 5.75 Å². The molecule has 0 amide bonds. The smallest absolute Gasteiger partial charge is 0.332 e. The maximum absolute atomic E-state index is 12.0. The Bertz CT molecular complexity index is 971. The zero-order chi connectivity index (χ0) is 16.4. The van der Waals surface area contributed by atoms with Crippen molar-refractivity contribution in [2.75, 3.05) is 0 Å². The Morgan fingerprint density at radius 1 is 1.13 bits per heavy atom. The molecule has 0 fully saturated rings. The molecule has 0 unspecified atom stereocenters. The highest BCUT2D eigenvalue weighted by Crippen LogP contribution is 2.21. The van der Waals surface area contributed by atoms with Crippen LogP contribution in [0.25, 0.3) is 17.1 Å². The van der Waals surface area contributed by atoms with Gasteiger partial charge in [-0.15, -0.1) is 0 Å². The van der Waals surface area contributed by atoms with E-state index < -0.39 is 10.1 Å². The molecule has 0 saturated heterocycles. The number of hydrogen-bond acceptors (Lipinski definition) is 4. The summed E-state index contributed by atoms with van der Waals surface area (Å²) in [5.74, 6) is 0.241. The predicted molar refractivity (Wildman–Crippen MR) is 90.5 cm³/mol. The first-order valence-electron chi connectivity index (χ1n) is 7.03. The van der Waals surface area contributed by atoms with E-state index in [0.29, 0.717) is 5.52 Å². The highest BCUT2D eigenvalue weighted by Gasteiger charge is 2.10. The van der Waals surface area contributed by atoms with Gasteiger partial charge in [-0.05, 0) is 30.7 Å². The summed E-state index contributed by atoms with van der Waals surface area (Å²) in [6, 6.07) is 12.5. The molecule has 0 aliphatic heterocycles. The Labute approximate surface area is 135 Å². The van der Waals surface area contributed by atoms with Crippen LogP contribution in [0, 0.1) is 6.92 Å². The minimum absolute atomic E-state index is 0.241. The molecule has 0 saturated carbocycles. The third-order valence-electron chi connectivity index (χ3n) is 3.41. The van der Waals surface area contributed by atoms with E-state index in [1.807, 2.05) is 42.8 Å². The number of hydrogen-bond donors (Lipinski definition) is 0. The monoisotopic (exact) mass is 328 g/mol. The quantitative estimate of drug-likeness (QED) is 0.690. The predicted octanol–water partition coefficient (Wildman–Crippen LogP) is 3.26. The van der Waals surface area contributed by atoms with Crippen molar-refractivity contribution in [1.29, 1.82) is 0 Å². The van der Waals surface area contributed by atoms with E-state index in [-0.39, 0.29) is 5.75 Å². The number of nitrogens with zero attached hydrogens (tertiary/aromatic N) is 2. The van der Waals surface area contributed by atoms with Gasteiger partial charge in [-0.2, -0.15) is 8.42 Å². The molecule has 5 nitrogen and oxygen atoms in total. The molecule has 6 heteroatoms. The summed E-state index contributed by atoms with van der Waals surface area (Å²) in [6.45, 7) is 1.97. The summed E-state index contributed by atoms with van der Waals surface area (Å²) in [7, 11) is -1.95. The topological polar surface area (TPSA) is 61.2 Å². The molecule has 0 radical (unpaired) electrons. The molecule has 0 spiro atoms. The van der Waals surface area contributed by atoms with E-state index in [2.05, 4.69) is 4.98 Å². The summed E-state index contributed by atoms with van der Waals surface area (Å²) < 4.78 is 31.0. The molecular weight excluding hydrogens is 312 g/mol. The van der Waals surface area contributed by atoms with Gasteiger partial charge in [0.15, 0.2) is 0 Å². The van der Waals surface area contributed by atoms with E-state index in [4.69, 9.17) is 4.18 Å². The number of benzene rings is 2. The molecule has 2 aromatic carbocycles. The second kappa shape index (κ2) is 5.89. The molecule has 0 aliphatic carbocycles. The van der Waals surface area contributed by atoms with Gasteiger partial charge < -0.3 is 8.75 Å². The molecule has 1 heterocycles. The van der Waals surface area contributed by atoms with Gasteiger partial charge in [-0.3, -0.25) is 0 Å². The summed E-state index contributed by atoms with van der Waals surface area (Å²) in [5.41, 5.74) is 3.50. The van der Waals surface area contributed by atoms with Crippen LogP contribution in [0.3, 0.4) is 0 Å². The number of fused-ring (bicyclic) bond motifs is 1. The Kier molecular flexibility index (Phi) is 3.92. The van der Waals surface area contributed by atoms with Gasteiger partial charge >= 0.3 is 10.1 Å². The van der Waals surface area contributed by atoms with Crippen LogP contribution in [0.2, 0.25) is 0 Å². The molecule has 0 N–H and O–H groups in total. The normalized spacial score (nSPS) is 12.1. The molecule has 0 bridgehead atoms. The molecule has 3 aromatic rings. The van der Waals surface area contributed by atoms with Crippen molar-refractivity contribution < 1.29 is 12.6 Å². The first-order valence-corrected chi connectivity index (χ1v) is 8.50. The van der Waals surface area contributed by atoms with E-state index in [9.17, 15) is 8.42 Å². The lowest BCUT2D eigenvalue weighted by Crippen LogP contribution is -2.05. The number of aryl methyl sites for hydroxylation is 2. The van der Waals surface area contributed by atoms with E-state index >= 15 is 0 Å². The van der Waals surface area contributed by atoms with E-state index in [1.165, 1.54) is 6.08 Å².